The first-order valence-corrected chi connectivity index (χ1v) is 6.37. The van der Waals surface area contributed by atoms with Gasteiger partial charge in [0.05, 0.1) is 0 Å². The van der Waals surface area contributed by atoms with Crippen molar-refractivity contribution < 1.29 is 0 Å². The van der Waals surface area contributed by atoms with E-state index in [4.69, 9.17) is 0 Å². The van der Waals surface area contributed by atoms with Gasteiger partial charge in [-0.3, -0.25) is 9.36 Å². The van der Waals surface area contributed by atoms with E-state index < -0.39 is 0 Å². The Morgan fingerprint density at radius 3 is 2.65 bits per heavy atom. The number of hydrogen-bond acceptors (Lipinski definition) is 3. The van der Waals surface area contributed by atoms with E-state index in [0.29, 0.717) is 12.6 Å². The Kier molecular flexibility index (Phi) is 5.35. The lowest BCUT2D eigenvalue weighted by molar-refractivity contribution is 0.423. The van der Waals surface area contributed by atoms with Crippen molar-refractivity contribution in [1.29, 1.82) is 0 Å². The molecule has 4 heteroatoms. The smallest absolute Gasteiger partial charge is 0.253 e. The van der Waals surface area contributed by atoms with E-state index in [1.165, 1.54) is 0 Å². The number of nitrogens with one attached hydrogen (secondary N) is 1. The molecule has 0 saturated heterocycles. The number of aromatic nitrogens is 2. The maximum absolute atomic E-state index is 11.9. The fourth-order valence-corrected chi connectivity index (χ4v) is 1.89. The molecule has 1 aromatic heterocycles. The van der Waals surface area contributed by atoms with Gasteiger partial charge in [0, 0.05) is 24.3 Å². The summed E-state index contributed by atoms with van der Waals surface area (Å²) in [4.78, 5) is 16.2. The first-order valence-electron chi connectivity index (χ1n) is 6.37. The Balaban J connectivity index is 2.82. The molecule has 96 valence electrons. The van der Waals surface area contributed by atoms with Crippen LogP contribution in [0.4, 0.5) is 0 Å². The minimum Gasteiger partial charge on any atom is -0.312 e. The van der Waals surface area contributed by atoms with Crippen LogP contribution in [0.15, 0.2) is 10.9 Å². The molecular formula is C13H23N3O. The van der Waals surface area contributed by atoms with Crippen molar-refractivity contribution in [3.63, 3.8) is 0 Å². The summed E-state index contributed by atoms with van der Waals surface area (Å²) in [5.74, 6) is 0.798. The summed E-state index contributed by atoms with van der Waals surface area (Å²) in [5, 5.41) is 3.45. The van der Waals surface area contributed by atoms with Crippen LogP contribution in [-0.2, 0) is 6.54 Å². The highest BCUT2D eigenvalue weighted by atomic mass is 16.1. The van der Waals surface area contributed by atoms with Crippen LogP contribution in [0.1, 0.15) is 38.2 Å². The molecule has 0 aliphatic carbocycles. The highest BCUT2D eigenvalue weighted by Gasteiger charge is 2.09. The van der Waals surface area contributed by atoms with Crippen molar-refractivity contribution in [3.8, 4) is 0 Å². The molecule has 0 spiro atoms. The predicted octanol–water partition coefficient (Wildman–Crippen LogP) is 1.64. The standard InChI is InChI=1S/C13H23N3O/c1-5-7-14-12(6-2)9-16-11(4)15-10(3)8-13(16)17/h8,12,14H,5-7,9H2,1-4H3. The van der Waals surface area contributed by atoms with Gasteiger partial charge in [-0.15, -0.1) is 0 Å². The second kappa shape index (κ2) is 6.55. The van der Waals surface area contributed by atoms with E-state index in [-0.39, 0.29) is 5.56 Å². The van der Waals surface area contributed by atoms with Crippen LogP contribution in [0, 0.1) is 13.8 Å². The zero-order chi connectivity index (χ0) is 12.8. The summed E-state index contributed by atoms with van der Waals surface area (Å²) in [6.45, 7) is 9.71. The lowest BCUT2D eigenvalue weighted by atomic mass is 10.2. The average molecular weight is 237 g/mol. The molecule has 0 aliphatic rings. The molecular weight excluding hydrogens is 214 g/mol. The van der Waals surface area contributed by atoms with E-state index in [1.54, 1.807) is 10.6 Å². The Morgan fingerprint density at radius 2 is 2.12 bits per heavy atom. The molecule has 0 aliphatic heterocycles. The zero-order valence-electron chi connectivity index (χ0n) is 11.3. The molecule has 4 nitrogen and oxygen atoms in total. The minimum absolute atomic E-state index is 0.0479. The molecule has 1 heterocycles. The molecule has 0 aromatic carbocycles. The van der Waals surface area contributed by atoms with Crippen LogP contribution >= 0.6 is 0 Å². The fraction of sp³-hybridized carbons (Fsp3) is 0.692. The summed E-state index contributed by atoms with van der Waals surface area (Å²) in [6, 6.07) is 1.94. The van der Waals surface area contributed by atoms with Crippen LogP contribution < -0.4 is 10.9 Å². The SMILES string of the molecule is CCCNC(CC)Cn1c(C)nc(C)cc1=O. The molecule has 0 fully saturated rings. The van der Waals surface area contributed by atoms with Crippen molar-refractivity contribution in [2.75, 3.05) is 6.54 Å². The molecule has 1 atom stereocenters. The molecule has 0 bridgehead atoms. The number of nitrogens with zero attached hydrogens (tertiary/aromatic N) is 2. The van der Waals surface area contributed by atoms with Crippen molar-refractivity contribution in [2.45, 2.75) is 53.1 Å². The monoisotopic (exact) mass is 237 g/mol. The summed E-state index contributed by atoms with van der Waals surface area (Å²) >= 11 is 0. The van der Waals surface area contributed by atoms with Gasteiger partial charge >= 0.3 is 0 Å². The molecule has 1 N–H and O–H groups in total. The van der Waals surface area contributed by atoms with Crippen molar-refractivity contribution in [2.24, 2.45) is 0 Å². The van der Waals surface area contributed by atoms with Crippen LogP contribution in [0.5, 0.6) is 0 Å². The van der Waals surface area contributed by atoms with Crippen molar-refractivity contribution in [1.82, 2.24) is 14.9 Å². The normalized spacial score (nSPS) is 12.7. The maximum atomic E-state index is 11.9. The second-order valence-corrected chi connectivity index (χ2v) is 4.45. The molecule has 17 heavy (non-hydrogen) atoms. The summed E-state index contributed by atoms with van der Waals surface area (Å²) < 4.78 is 1.75. The van der Waals surface area contributed by atoms with Gasteiger partial charge in [-0.1, -0.05) is 13.8 Å². The quantitative estimate of drug-likeness (QED) is 0.818. The van der Waals surface area contributed by atoms with Gasteiger partial charge in [0.2, 0.25) is 0 Å². The second-order valence-electron chi connectivity index (χ2n) is 4.45. The van der Waals surface area contributed by atoms with Gasteiger partial charge in [0.25, 0.3) is 5.56 Å². The van der Waals surface area contributed by atoms with Gasteiger partial charge < -0.3 is 5.32 Å². The van der Waals surface area contributed by atoms with Crippen LogP contribution in [0.25, 0.3) is 0 Å². The van der Waals surface area contributed by atoms with Crippen LogP contribution in [0.3, 0.4) is 0 Å². The lowest BCUT2D eigenvalue weighted by Gasteiger charge is -2.19. The number of rotatable bonds is 6. The largest absolute Gasteiger partial charge is 0.312 e. The van der Waals surface area contributed by atoms with Crippen LogP contribution in [-0.4, -0.2) is 22.1 Å². The lowest BCUT2D eigenvalue weighted by Crippen LogP contribution is -2.37. The Labute approximate surface area is 103 Å². The van der Waals surface area contributed by atoms with E-state index in [1.807, 2.05) is 13.8 Å². The highest BCUT2D eigenvalue weighted by Crippen LogP contribution is 1.99. The number of hydrogen-bond donors (Lipinski definition) is 1. The fourth-order valence-electron chi connectivity index (χ4n) is 1.89. The van der Waals surface area contributed by atoms with Crippen LogP contribution in [0.2, 0.25) is 0 Å². The first kappa shape index (κ1) is 13.9. The topological polar surface area (TPSA) is 46.9 Å². The molecule has 0 saturated carbocycles. The van der Waals surface area contributed by atoms with Gasteiger partial charge in [-0.25, -0.2) is 4.98 Å². The zero-order valence-corrected chi connectivity index (χ0v) is 11.3. The van der Waals surface area contributed by atoms with E-state index in [9.17, 15) is 4.79 Å². The predicted molar refractivity (Wildman–Crippen MR) is 70.3 cm³/mol. The molecule has 0 amide bonds. The third-order valence-electron chi connectivity index (χ3n) is 2.91. The maximum Gasteiger partial charge on any atom is 0.253 e. The molecule has 1 rings (SSSR count). The van der Waals surface area contributed by atoms with E-state index >= 15 is 0 Å². The minimum atomic E-state index is 0.0479. The van der Waals surface area contributed by atoms with Gasteiger partial charge in [0.1, 0.15) is 5.82 Å². The third-order valence-corrected chi connectivity index (χ3v) is 2.91. The number of aryl methyl sites for hydroxylation is 2. The molecule has 1 unspecified atom stereocenters. The van der Waals surface area contributed by atoms with E-state index in [2.05, 4.69) is 24.1 Å². The van der Waals surface area contributed by atoms with Crippen molar-refractivity contribution >= 4 is 0 Å². The molecule has 0 radical (unpaired) electrons. The molecule has 1 aromatic rings. The summed E-state index contributed by atoms with van der Waals surface area (Å²) in [5.41, 5.74) is 0.838. The Bertz CT molecular complexity index is 412. The van der Waals surface area contributed by atoms with Crippen molar-refractivity contribution in [3.05, 3.63) is 27.9 Å². The van der Waals surface area contributed by atoms with Gasteiger partial charge in [-0.05, 0) is 33.2 Å². The summed E-state index contributed by atoms with van der Waals surface area (Å²) in [6.07, 6.45) is 2.12. The van der Waals surface area contributed by atoms with Gasteiger partial charge in [-0.2, -0.15) is 0 Å². The Hall–Kier alpha value is -1.16. The Morgan fingerprint density at radius 1 is 1.41 bits per heavy atom. The summed E-state index contributed by atoms with van der Waals surface area (Å²) in [7, 11) is 0. The first-order chi connectivity index (χ1) is 8.08. The van der Waals surface area contributed by atoms with Gasteiger partial charge in [0.15, 0.2) is 0 Å². The third kappa shape index (κ3) is 3.97. The highest BCUT2D eigenvalue weighted by molar-refractivity contribution is 5.01. The van der Waals surface area contributed by atoms with E-state index in [0.717, 1.165) is 30.9 Å². The average Bonchev–Trinajstić information content (AvgIpc) is 2.27.